The highest BCUT2D eigenvalue weighted by Crippen LogP contribution is 2.22. The van der Waals surface area contributed by atoms with Crippen molar-refractivity contribution in [3.05, 3.63) is 59.9 Å². The molecule has 2 unspecified atom stereocenters. The Morgan fingerprint density at radius 2 is 1.63 bits per heavy atom. The molecule has 0 aliphatic rings. The van der Waals surface area contributed by atoms with Crippen molar-refractivity contribution in [2.45, 2.75) is 25.9 Å². The molecule has 6 nitrogen and oxygen atoms in total. The van der Waals surface area contributed by atoms with Crippen molar-refractivity contribution in [2.24, 2.45) is 0 Å². The number of anilines is 1. The zero-order valence-corrected chi connectivity index (χ0v) is 16.5. The van der Waals surface area contributed by atoms with Gasteiger partial charge in [0, 0.05) is 0 Å². The van der Waals surface area contributed by atoms with Gasteiger partial charge in [0.15, 0.2) is 0 Å². The van der Waals surface area contributed by atoms with Crippen molar-refractivity contribution in [1.29, 1.82) is 0 Å². The van der Waals surface area contributed by atoms with Gasteiger partial charge in [0.05, 0.1) is 25.1 Å². The molecule has 1 amide bonds. The Morgan fingerprint density at radius 1 is 1.07 bits per heavy atom. The van der Waals surface area contributed by atoms with Crippen molar-refractivity contribution in [3.8, 4) is 5.75 Å². The van der Waals surface area contributed by atoms with Gasteiger partial charge >= 0.3 is 0 Å². The molecular formula is C19H23FN2O4S. The lowest BCUT2D eigenvalue weighted by atomic mass is 10.1. The van der Waals surface area contributed by atoms with Crippen LogP contribution in [0.15, 0.2) is 48.5 Å². The smallest absolute Gasteiger partial charge is 0.244 e. The van der Waals surface area contributed by atoms with Crippen molar-refractivity contribution in [1.82, 2.24) is 5.32 Å². The number of rotatable bonds is 7. The summed E-state index contributed by atoms with van der Waals surface area (Å²) in [5.41, 5.74) is 1.07. The van der Waals surface area contributed by atoms with Crippen molar-refractivity contribution in [3.63, 3.8) is 0 Å². The summed E-state index contributed by atoms with van der Waals surface area (Å²) < 4.78 is 43.7. The van der Waals surface area contributed by atoms with E-state index in [-0.39, 0.29) is 11.7 Å². The van der Waals surface area contributed by atoms with E-state index in [1.54, 1.807) is 26.2 Å². The molecule has 2 rings (SSSR count). The van der Waals surface area contributed by atoms with Crippen LogP contribution in [0.25, 0.3) is 0 Å². The molecule has 0 bridgehead atoms. The number of carbonyl (C=O) groups excluding carboxylic acids is 1. The average molecular weight is 394 g/mol. The maximum absolute atomic E-state index is 13.2. The molecule has 27 heavy (non-hydrogen) atoms. The Labute approximate surface area is 159 Å². The van der Waals surface area contributed by atoms with Gasteiger partial charge in [-0.3, -0.25) is 9.10 Å². The maximum Gasteiger partial charge on any atom is 0.244 e. The van der Waals surface area contributed by atoms with Gasteiger partial charge in [-0.1, -0.05) is 12.1 Å². The lowest BCUT2D eigenvalue weighted by molar-refractivity contribution is -0.122. The second-order valence-electron chi connectivity index (χ2n) is 6.21. The third kappa shape index (κ3) is 5.19. The van der Waals surface area contributed by atoms with Gasteiger partial charge in [-0.15, -0.1) is 0 Å². The van der Waals surface area contributed by atoms with E-state index >= 15 is 0 Å². The lowest BCUT2D eigenvalue weighted by Crippen LogP contribution is -2.48. The molecule has 2 aromatic rings. The largest absolute Gasteiger partial charge is 0.497 e. The molecule has 8 heteroatoms. The minimum absolute atomic E-state index is 0.221. The van der Waals surface area contributed by atoms with Crippen molar-refractivity contribution in [2.75, 3.05) is 17.7 Å². The Balaban J connectivity index is 2.20. The summed E-state index contributed by atoms with van der Waals surface area (Å²) >= 11 is 0. The number of nitrogens with one attached hydrogen (secondary N) is 1. The Hall–Kier alpha value is -2.61. The monoisotopic (exact) mass is 394 g/mol. The molecule has 1 N–H and O–H groups in total. The second kappa shape index (κ2) is 8.39. The van der Waals surface area contributed by atoms with E-state index < -0.39 is 27.8 Å². The molecule has 2 atom stereocenters. The number of methoxy groups -OCH3 is 1. The molecule has 0 fully saturated rings. The van der Waals surface area contributed by atoms with Gasteiger partial charge in [-0.2, -0.15) is 0 Å². The number of halogens is 1. The summed E-state index contributed by atoms with van der Waals surface area (Å²) in [6.07, 6.45) is 1.01. The third-order valence-corrected chi connectivity index (χ3v) is 5.39. The number of hydrogen-bond donors (Lipinski definition) is 1. The third-order valence-electron chi connectivity index (χ3n) is 4.14. The topological polar surface area (TPSA) is 75.7 Å². The van der Waals surface area contributed by atoms with Gasteiger partial charge in [-0.05, 0) is 55.8 Å². The summed E-state index contributed by atoms with van der Waals surface area (Å²) in [5.74, 6) is -0.254. The summed E-state index contributed by atoms with van der Waals surface area (Å²) in [5, 5.41) is 2.81. The highest BCUT2D eigenvalue weighted by Gasteiger charge is 2.29. The van der Waals surface area contributed by atoms with Crippen LogP contribution in [-0.4, -0.2) is 33.7 Å². The highest BCUT2D eigenvalue weighted by atomic mass is 32.2. The molecule has 0 saturated carbocycles. The Kier molecular flexibility index (Phi) is 6.43. The SMILES string of the molecule is COc1ccc(C(C)NC(=O)C(C)N(c2ccc(F)cc2)S(C)(=O)=O)cc1. The van der Waals surface area contributed by atoms with Gasteiger partial charge in [0.2, 0.25) is 15.9 Å². The van der Waals surface area contributed by atoms with E-state index in [0.29, 0.717) is 5.75 Å². The predicted molar refractivity (Wildman–Crippen MR) is 103 cm³/mol. The minimum atomic E-state index is -3.75. The first-order valence-electron chi connectivity index (χ1n) is 8.32. The normalized spacial score (nSPS) is 13.5. The Morgan fingerprint density at radius 3 is 2.11 bits per heavy atom. The van der Waals surface area contributed by atoms with Crippen LogP contribution in [0.5, 0.6) is 5.75 Å². The number of sulfonamides is 1. The van der Waals surface area contributed by atoms with Gasteiger partial charge < -0.3 is 10.1 Å². The van der Waals surface area contributed by atoms with Crippen LogP contribution in [0.1, 0.15) is 25.5 Å². The second-order valence-corrected chi connectivity index (χ2v) is 8.07. The summed E-state index contributed by atoms with van der Waals surface area (Å²) in [4.78, 5) is 12.7. The molecule has 146 valence electrons. The lowest BCUT2D eigenvalue weighted by Gasteiger charge is -2.29. The number of benzene rings is 2. The average Bonchev–Trinajstić information content (AvgIpc) is 2.62. The first-order valence-corrected chi connectivity index (χ1v) is 10.2. The highest BCUT2D eigenvalue weighted by molar-refractivity contribution is 7.92. The van der Waals surface area contributed by atoms with Crippen LogP contribution < -0.4 is 14.4 Å². The van der Waals surface area contributed by atoms with Crippen molar-refractivity contribution < 1.29 is 22.3 Å². The summed E-state index contributed by atoms with van der Waals surface area (Å²) in [7, 11) is -2.18. The molecule has 2 aromatic carbocycles. The zero-order chi connectivity index (χ0) is 20.2. The standard InChI is InChI=1S/C19H23FN2O4S/c1-13(15-5-11-18(26-3)12-6-15)21-19(23)14(2)22(27(4,24)25)17-9-7-16(20)8-10-17/h5-14H,1-4H3,(H,21,23). The number of nitrogens with zero attached hydrogens (tertiary/aromatic N) is 1. The van der Waals surface area contributed by atoms with E-state index in [0.717, 1.165) is 28.3 Å². The van der Waals surface area contributed by atoms with E-state index in [2.05, 4.69) is 5.32 Å². The minimum Gasteiger partial charge on any atom is -0.497 e. The first-order chi connectivity index (χ1) is 12.6. The summed E-state index contributed by atoms with van der Waals surface area (Å²) in [6, 6.07) is 10.8. The fourth-order valence-corrected chi connectivity index (χ4v) is 3.88. The molecule has 0 aliphatic carbocycles. The first kappa shape index (κ1) is 20.7. The van der Waals surface area contributed by atoms with Crippen LogP contribution in [0, 0.1) is 5.82 Å². The van der Waals surface area contributed by atoms with Gasteiger partial charge in [0.1, 0.15) is 17.6 Å². The van der Waals surface area contributed by atoms with E-state index in [4.69, 9.17) is 4.74 Å². The van der Waals surface area contributed by atoms with Crippen molar-refractivity contribution >= 4 is 21.6 Å². The maximum atomic E-state index is 13.2. The van der Waals surface area contributed by atoms with Crippen LogP contribution >= 0.6 is 0 Å². The molecule has 0 heterocycles. The van der Waals surface area contributed by atoms with E-state index in [9.17, 15) is 17.6 Å². The predicted octanol–water partition coefficient (Wildman–Crippen LogP) is 2.87. The summed E-state index contributed by atoms with van der Waals surface area (Å²) in [6.45, 7) is 3.29. The number of amides is 1. The van der Waals surface area contributed by atoms with Crippen LogP contribution in [-0.2, 0) is 14.8 Å². The van der Waals surface area contributed by atoms with E-state index in [1.807, 2.05) is 12.1 Å². The number of hydrogen-bond acceptors (Lipinski definition) is 4. The molecule has 0 spiro atoms. The van der Waals surface area contributed by atoms with Gasteiger partial charge in [0.25, 0.3) is 0 Å². The van der Waals surface area contributed by atoms with Crippen LogP contribution in [0.2, 0.25) is 0 Å². The quantitative estimate of drug-likeness (QED) is 0.784. The Bertz CT molecular complexity index is 883. The van der Waals surface area contributed by atoms with Gasteiger partial charge in [-0.25, -0.2) is 12.8 Å². The number of carbonyl (C=O) groups is 1. The fourth-order valence-electron chi connectivity index (χ4n) is 2.71. The molecular weight excluding hydrogens is 371 g/mol. The zero-order valence-electron chi connectivity index (χ0n) is 15.6. The molecule has 0 saturated heterocycles. The fraction of sp³-hybridized carbons (Fsp3) is 0.316. The molecule has 0 aromatic heterocycles. The van der Waals surface area contributed by atoms with Crippen LogP contribution in [0.4, 0.5) is 10.1 Å². The molecule has 0 radical (unpaired) electrons. The number of ether oxygens (including phenoxy) is 1. The van der Waals surface area contributed by atoms with E-state index in [1.165, 1.54) is 19.1 Å². The molecule has 0 aliphatic heterocycles. The van der Waals surface area contributed by atoms with Crippen LogP contribution in [0.3, 0.4) is 0 Å².